The number of Topliss-reactive ketones (excluding diaryl/α,β-unsaturated/α-hetero) is 1. The number of carbonyl (C=O) groups excluding carboxylic acids is 1. The summed E-state index contributed by atoms with van der Waals surface area (Å²) >= 11 is 0. The summed E-state index contributed by atoms with van der Waals surface area (Å²) in [6, 6.07) is 16.6. The van der Waals surface area contributed by atoms with Crippen LogP contribution in [0.3, 0.4) is 0 Å². The number of ketones is 1. The van der Waals surface area contributed by atoms with E-state index in [1.807, 2.05) is 6.92 Å². The Bertz CT molecular complexity index is 1050. The molecule has 0 atom stereocenters. The highest BCUT2D eigenvalue weighted by Gasteiger charge is 2.14. The normalized spacial score (nSPS) is 11.0. The van der Waals surface area contributed by atoms with Crippen molar-refractivity contribution in [3.63, 3.8) is 0 Å². The minimum Gasteiger partial charge on any atom is -0.339 e. The zero-order valence-electron chi connectivity index (χ0n) is 14.8. The van der Waals surface area contributed by atoms with Gasteiger partial charge in [-0.25, -0.2) is 8.42 Å². The van der Waals surface area contributed by atoms with Crippen LogP contribution in [0.1, 0.15) is 22.8 Å². The van der Waals surface area contributed by atoms with E-state index in [4.69, 9.17) is 0 Å². The number of nitrogens with zero attached hydrogens (tertiary/aromatic N) is 2. The fraction of sp³-hybridized carbons (Fsp3) is 0.105. The summed E-state index contributed by atoms with van der Waals surface area (Å²) in [6.07, 6.45) is 0. The summed E-state index contributed by atoms with van der Waals surface area (Å²) in [6.45, 7) is 3.39. The SMILES string of the molecule is CC(=O)c1ccc(Nc2ccc(NS(=O)(=O)c3ccc(C)cc3)nn2)cc1. The highest BCUT2D eigenvalue weighted by atomic mass is 32.2. The Morgan fingerprint density at radius 2 is 1.44 bits per heavy atom. The molecule has 2 N–H and O–H groups in total. The molecule has 1 aromatic heterocycles. The third-order valence-electron chi connectivity index (χ3n) is 3.80. The van der Waals surface area contributed by atoms with Crippen molar-refractivity contribution in [2.75, 3.05) is 10.0 Å². The van der Waals surface area contributed by atoms with Gasteiger partial charge in [0.2, 0.25) is 0 Å². The van der Waals surface area contributed by atoms with Crippen LogP contribution in [0.5, 0.6) is 0 Å². The van der Waals surface area contributed by atoms with Crippen molar-refractivity contribution >= 4 is 33.1 Å². The second-order valence-electron chi connectivity index (χ2n) is 5.98. The number of benzene rings is 2. The lowest BCUT2D eigenvalue weighted by atomic mass is 10.1. The van der Waals surface area contributed by atoms with Crippen molar-refractivity contribution in [3.05, 3.63) is 71.8 Å². The second kappa shape index (κ2) is 7.55. The molecule has 7 nitrogen and oxygen atoms in total. The summed E-state index contributed by atoms with van der Waals surface area (Å²) in [4.78, 5) is 11.4. The van der Waals surface area contributed by atoms with Gasteiger partial charge in [0.25, 0.3) is 10.0 Å². The standard InChI is InChI=1S/C19H18N4O3S/c1-13-3-9-17(10-4-13)27(25,26)23-19-12-11-18(21-22-19)20-16-7-5-15(6-8-16)14(2)24/h3-12H,1-2H3,(H,20,21)(H,22,23). The van der Waals surface area contributed by atoms with E-state index in [-0.39, 0.29) is 16.5 Å². The first-order valence-corrected chi connectivity index (χ1v) is 9.63. The number of hydrogen-bond acceptors (Lipinski definition) is 6. The van der Waals surface area contributed by atoms with E-state index in [1.54, 1.807) is 42.5 Å². The van der Waals surface area contributed by atoms with E-state index < -0.39 is 10.0 Å². The fourth-order valence-electron chi connectivity index (χ4n) is 2.30. The van der Waals surface area contributed by atoms with Crippen LogP contribution in [0.2, 0.25) is 0 Å². The lowest BCUT2D eigenvalue weighted by Gasteiger charge is -2.09. The van der Waals surface area contributed by atoms with Gasteiger partial charge in [-0.05, 0) is 62.4 Å². The molecule has 138 valence electrons. The summed E-state index contributed by atoms with van der Waals surface area (Å²) in [7, 11) is -3.72. The number of nitrogens with one attached hydrogen (secondary N) is 2. The van der Waals surface area contributed by atoms with E-state index in [9.17, 15) is 13.2 Å². The molecule has 0 fully saturated rings. The number of rotatable bonds is 6. The maximum atomic E-state index is 12.4. The topological polar surface area (TPSA) is 101 Å². The Hall–Kier alpha value is -3.26. The summed E-state index contributed by atoms with van der Waals surface area (Å²) in [5, 5.41) is 10.9. The molecule has 27 heavy (non-hydrogen) atoms. The average Bonchev–Trinajstić information content (AvgIpc) is 2.64. The molecule has 0 unspecified atom stereocenters. The van der Waals surface area contributed by atoms with Gasteiger partial charge in [-0.3, -0.25) is 9.52 Å². The molecule has 0 spiro atoms. The van der Waals surface area contributed by atoms with Crippen molar-refractivity contribution in [3.8, 4) is 0 Å². The molecule has 0 amide bonds. The van der Waals surface area contributed by atoms with Gasteiger partial charge >= 0.3 is 0 Å². The smallest absolute Gasteiger partial charge is 0.263 e. The van der Waals surface area contributed by atoms with Crippen LogP contribution in [0, 0.1) is 6.92 Å². The second-order valence-corrected chi connectivity index (χ2v) is 7.66. The average molecular weight is 382 g/mol. The Labute approximate surface area is 157 Å². The molecule has 3 rings (SSSR count). The number of hydrogen-bond donors (Lipinski definition) is 2. The van der Waals surface area contributed by atoms with Crippen LogP contribution >= 0.6 is 0 Å². The third-order valence-corrected chi connectivity index (χ3v) is 5.17. The monoisotopic (exact) mass is 382 g/mol. The summed E-state index contributed by atoms with van der Waals surface area (Å²) in [5.74, 6) is 0.559. The molecule has 3 aromatic rings. The first-order chi connectivity index (χ1) is 12.8. The molecule has 0 saturated carbocycles. The van der Waals surface area contributed by atoms with Crippen LogP contribution < -0.4 is 10.0 Å². The maximum Gasteiger partial charge on any atom is 0.263 e. The van der Waals surface area contributed by atoms with Crippen LogP contribution in [-0.4, -0.2) is 24.4 Å². The molecular weight excluding hydrogens is 364 g/mol. The van der Waals surface area contributed by atoms with Gasteiger partial charge in [-0.1, -0.05) is 17.7 Å². The van der Waals surface area contributed by atoms with E-state index in [1.165, 1.54) is 25.1 Å². The largest absolute Gasteiger partial charge is 0.339 e. The lowest BCUT2D eigenvalue weighted by molar-refractivity contribution is 0.101. The van der Waals surface area contributed by atoms with Gasteiger partial charge in [-0.2, -0.15) is 0 Å². The lowest BCUT2D eigenvalue weighted by Crippen LogP contribution is -2.14. The third kappa shape index (κ3) is 4.68. The predicted octanol–water partition coefficient (Wildman–Crippen LogP) is 3.53. The maximum absolute atomic E-state index is 12.4. The van der Waals surface area contributed by atoms with Gasteiger partial charge in [0, 0.05) is 11.3 Å². The molecule has 0 aliphatic rings. The van der Waals surface area contributed by atoms with Crippen molar-refractivity contribution in [2.24, 2.45) is 0 Å². The molecule has 0 aliphatic heterocycles. The minimum absolute atomic E-state index is 0.00782. The molecule has 2 aromatic carbocycles. The summed E-state index contributed by atoms with van der Waals surface area (Å²) in [5.41, 5.74) is 2.33. The molecule has 1 heterocycles. The molecule has 0 bridgehead atoms. The zero-order chi connectivity index (χ0) is 19.4. The number of sulfonamides is 1. The highest BCUT2D eigenvalue weighted by molar-refractivity contribution is 7.92. The Morgan fingerprint density at radius 3 is 2.00 bits per heavy atom. The van der Waals surface area contributed by atoms with Crippen LogP contribution in [-0.2, 0) is 10.0 Å². The predicted molar refractivity (Wildman–Crippen MR) is 104 cm³/mol. The van der Waals surface area contributed by atoms with Crippen molar-refractivity contribution in [2.45, 2.75) is 18.7 Å². The molecular formula is C19H18N4O3S. The van der Waals surface area contributed by atoms with E-state index in [0.717, 1.165) is 11.3 Å². The van der Waals surface area contributed by atoms with Gasteiger partial charge < -0.3 is 5.32 Å². The Kier molecular flexibility index (Phi) is 5.18. The number of carbonyl (C=O) groups is 1. The van der Waals surface area contributed by atoms with Gasteiger partial charge in [0.05, 0.1) is 4.90 Å². The fourth-order valence-corrected chi connectivity index (χ4v) is 3.30. The van der Waals surface area contributed by atoms with E-state index in [0.29, 0.717) is 11.4 Å². The Balaban J connectivity index is 1.69. The molecule has 0 aliphatic carbocycles. The summed E-state index contributed by atoms with van der Waals surface area (Å²) < 4.78 is 27.1. The quantitative estimate of drug-likeness (QED) is 0.633. The molecule has 8 heteroatoms. The number of aromatic nitrogens is 2. The molecule has 0 saturated heterocycles. The van der Waals surface area contributed by atoms with E-state index >= 15 is 0 Å². The van der Waals surface area contributed by atoms with Crippen molar-refractivity contribution in [1.82, 2.24) is 10.2 Å². The first-order valence-electron chi connectivity index (χ1n) is 8.15. The number of anilines is 3. The zero-order valence-corrected chi connectivity index (χ0v) is 15.6. The first kappa shape index (κ1) is 18.5. The van der Waals surface area contributed by atoms with Gasteiger partial charge in [0.15, 0.2) is 17.4 Å². The number of aryl methyl sites for hydroxylation is 1. The Morgan fingerprint density at radius 1 is 0.852 bits per heavy atom. The van der Waals surface area contributed by atoms with Gasteiger partial charge in [-0.15, -0.1) is 10.2 Å². The minimum atomic E-state index is -3.72. The highest BCUT2D eigenvalue weighted by Crippen LogP contribution is 2.18. The van der Waals surface area contributed by atoms with Crippen molar-refractivity contribution < 1.29 is 13.2 Å². The van der Waals surface area contributed by atoms with Crippen LogP contribution in [0.25, 0.3) is 0 Å². The van der Waals surface area contributed by atoms with Crippen LogP contribution in [0.4, 0.5) is 17.3 Å². The van der Waals surface area contributed by atoms with E-state index in [2.05, 4.69) is 20.2 Å². The van der Waals surface area contributed by atoms with Crippen molar-refractivity contribution in [1.29, 1.82) is 0 Å². The molecule has 0 radical (unpaired) electrons. The van der Waals surface area contributed by atoms with Crippen LogP contribution in [0.15, 0.2) is 65.6 Å². The van der Waals surface area contributed by atoms with Gasteiger partial charge in [0.1, 0.15) is 0 Å².